The van der Waals surface area contributed by atoms with E-state index in [0.717, 1.165) is 0 Å². The first-order valence-electron chi connectivity index (χ1n) is 13.0. The Labute approximate surface area is 245 Å². The fourth-order valence-electron chi connectivity index (χ4n) is 4.45. The van der Waals surface area contributed by atoms with Gasteiger partial charge >= 0.3 is 13.6 Å². The number of benzene rings is 3. The van der Waals surface area contributed by atoms with E-state index in [4.69, 9.17) is 16.9 Å². The van der Waals surface area contributed by atoms with Gasteiger partial charge in [-0.25, -0.2) is 9.78 Å². The molecule has 4 rings (SSSR count). The van der Waals surface area contributed by atoms with E-state index in [1.54, 1.807) is 50.2 Å². The second kappa shape index (κ2) is 11.8. The van der Waals surface area contributed by atoms with Crippen molar-refractivity contribution in [1.82, 2.24) is 20.6 Å². The summed E-state index contributed by atoms with van der Waals surface area (Å²) in [5.74, 6) is -0.933. The summed E-state index contributed by atoms with van der Waals surface area (Å²) in [6.45, 7) is 2.99. The van der Waals surface area contributed by atoms with Gasteiger partial charge in [-0.15, -0.1) is 0 Å². The van der Waals surface area contributed by atoms with E-state index in [2.05, 4.69) is 20.6 Å². The molecular weight excluding hydrogens is 577 g/mol. The Balaban J connectivity index is 1.89. The fraction of sp³-hybridized carbons (Fsp3) is 0.214. The van der Waals surface area contributed by atoms with Crippen LogP contribution in [-0.4, -0.2) is 60.4 Å². The number of urea groups is 1. The van der Waals surface area contributed by atoms with Crippen LogP contribution in [0.5, 0.6) is 11.5 Å². The van der Waals surface area contributed by atoms with Gasteiger partial charge in [-0.05, 0) is 67.4 Å². The van der Waals surface area contributed by atoms with Crippen molar-refractivity contribution >= 4 is 36.4 Å². The number of phenols is 2. The van der Waals surface area contributed by atoms with E-state index in [-0.39, 0.29) is 52.9 Å². The highest BCUT2D eigenvalue weighted by Crippen LogP contribution is 2.44. The molecule has 12 N–H and O–H groups in total. The lowest BCUT2D eigenvalue weighted by molar-refractivity contribution is -0.125. The van der Waals surface area contributed by atoms with Gasteiger partial charge in [-0.3, -0.25) is 14.8 Å². The molecule has 0 unspecified atom stereocenters. The first-order valence-corrected chi connectivity index (χ1v) is 14.8. The molecule has 0 atom stereocenters. The van der Waals surface area contributed by atoms with Crippen molar-refractivity contribution < 1.29 is 34.2 Å². The van der Waals surface area contributed by atoms with Crippen LogP contribution in [0.25, 0.3) is 33.5 Å². The standard InChI is InChI=1S/C28H32N7O7P/c1-28(2,26(38)32-7-8-43(40,41)42)16-11-18(17-9-14(3-6-22(17)36)13-33-27(31)39)23(37)19(12-16)25-34-20-5-4-15(24(29)30)10-21(20)35-25/h3-6,9-12,36-37H,7-8,13H2,1-2H3,(H3,29,30)(H,32,38)(H,34,35)(H3,31,33,39)(H2,40,41,42). The third-order valence-electron chi connectivity index (χ3n) is 6.95. The van der Waals surface area contributed by atoms with Gasteiger partial charge in [0.15, 0.2) is 0 Å². The van der Waals surface area contributed by atoms with Gasteiger partial charge in [0.05, 0.1) is 28.2 Å². The molecule has 0 aliphatic carbocycles. The molecule has 0 fully saturated rings. The van der Waals surface area contributed by atoms with Crippen molar-refractivity contribution in [2.24, 2.45) is 11.5 Å². The van der Waals surface area contributed by atoms with Crippen LogP contribution >= 0.6 is 7.60 Å². The molecular formula is C28H32N7O7P. The van der Waals surface area contributed by atoms with Crippen LogP contribution in [0.15, 0.2) is 48.5 Å². The number of rotatable bonds is 10. The van der Waals surface area contributed by atoms with Gasteiger partial charge in [0.2, 0.25) is 5.91 Å². The van der Waals surface area contributed by atoms with E-state index < -0.39 is 31.1 Å². The lowest BCUT2D eigenvalue weighted by Crippen LogP contribution is -2.41. The van der Waals surface area contributed by atoms with E-state index in [9.17, 15) is 34.2 Å². The number of aromatic nitrogens is 2. The molecule has 1 aromatic heterocycles. The predicted molar refractivity (Wildman–Crippen MR) is 161 cm³/mol. The van der Waals surface area contributed by atoms with Crippen LogP contribution < -0.4 is 22.1 Å². The number of aromatic amines is 1. The maximum atomic E-state index is 13.3. The minimum atomic E-state index is -4.34. The Morgan fingerprint density at radius 1 is 1.00 bits per heavy atom. The van der Waals surface area contributed by atoms with E-state index in [1.807, 2.05) is 0 Å². The van der Waals surface area contributed by atoms with Crippen molar-refractivity contribution in [3.63, 3.8) is 0 Å². The molecule has 226 valence electrons. The number of nitrogens with one attached hydrogen (secondary N) is 4. The summed E-state index contributed by atoms with van der Waals surface area (Å²) in [7, 11) is -4.34. The fourth-order valence-corrected chi connectivity index (χ4v) is 4.85. The molecule has 0 spiro atoms. The van der Waals surface area contributed by atoms with Gasteiger partial charge in [0, 0.05) is 29.8 Å². The average Bonchev–Trinajstić information content (AvgIpc) is 3.35. The number of nitrogens with zero attached hydrogens (tertiary/aromatic N) is 1. The van der Waals surface area contributed by atoms with Crippen LogP contribution in [0.4, 0.5) is 4.79 Å². The van der Waals surface area contributed by atoms with Gasteiger partial charge in [0.1, 0.15) is 23.2 Å². The molecule has 0 saturated carbocycles. The topological polar surface area (TPSA) is 261 Å². The number of phenolic OH excluding ortho intramolecular Hbond substituents is 2. The van der Waals surface area contributed by atoms with Gasteiger partial charge in [-0.2, -0.15) is 0 Å². The molecule has 0 aliphatic rings. The maximum absolute atomic E-state index is 13.3. The molecule has 3 amide bonds. The molecule has 0 radical (unpaired) electrons. The third-order valence-corrected chi connectivity index (χ3v) is 7.76. The van der Waals surface area contributed by atoms with Crippen molar-refractivity contribution in [3.8, 4) is 34.0 Å². The number of nitrogens with two attached hydrogens (primary N) is 2. The second-order valence-electron chi connectivity index (χ2n) is 10.5. The van der Waals surface area contributed by atoms with Crippen LogP contribution in [-0.2, 0) is 21.3 Å². The van der Waals surface area contributed by atoms with Gasteiger partial charge in [-0.1, -0.05) is 6.07 Å². The van der Waals surface area contributed by atoms with E-state index in [0.29, 0.717) is 27.7 Å². The van der Waals surface area contributed by atoms with Crippen molar-refractivity contribution in [3.05, 3.63) is 65.2 Å². The number of carbonyl (C=O) groups is 2. The zero-order chi connectivity index (χ0) is 31.7. The summed E-state index contributed by atoms with van der Waals surface area (Å²) in [5.41, 5.74) is 12.5. The summed E-state index contributed by atoms with van der Waals surface area (Å²) in [5, 5.41) is 35.1. The van der Waals surface area contributed by atoms with Gasteiger partial charge in [0.25, 0.3) is 0 Å². The average molecular weight is 610 g/mol. The number of amides is 3. The Bertz CT molecular complexity index is 1800. The number of carbonyl (C=O) groups excluding carboxylic acids is 2. The summed E-state index contributed by atoms with van der Waals surface area (Å²) in [4.78, 5) is 50.6. The SMILES string of the molecule is CC(C)(C(=O)NCCP(=O)(O)O)c1cc(-c2nc3cc(C(=N)N)ccc3[nH]2)c(O)c(-c2cc(CNC(N)=O)ccc2O)c1. The molecule has 0 saturated heterocycles. The highest BCUT2D eigenvalue weighted by molar-refractivity contribution is 7.51. The van der Waals surface area contributed by atoms with Gasteiger partial charge < -0.3 is 47.1 Å². The molecule has 0 bridgehead atoms. The van der Waals surface area contributed by atoms with Crippen LogP contribution in [0.2, 0.25) is 0 Å². The molecule has 0 aliphatic heterocycles. The summed E-state index contributed by atoms with van der Waals surface area (Å²) in [6, 6.07) is 11.8. The number of hydrogen-bond donors (Lipinski definition) is 10. The third kappa shape index (κ3) is 6.95. The number of primary amides is 1. The lowest BCUT2D eigenvalue weighted by atomic mass is 9.80. The maximum Gasteiger partial charge on any atom is 0.327 e. The molecule has 14 nitrogen and oxygen atoms in total. The minimum absolute atomic E-state index is 0.0471. The lowest BCUT2D eigenvalue weighted by Gasteiger charge is -2.26. The second-order valence-corrected chi connectivity index (χ2v) is 12.3. The molecule has 3 aromatic carbocycles. The normalized spacial score (nSPS) is 11.8. The number of imidazole rings is 1. The number of amidine groups is 1. The smallest absolute Gasteiger partial charge is 0.327 e. The Hall–Kier alpha value is -4.91. The number of fused-ring (bicyclic) bond motifs is 1. The quantitative estimate of drug-likeness (QED) is 0.0717. The highest BCUT2D eigenvalue weighted by atomic mass is 31.2. The van der Waals surface area contributed by atoms with Crippen LogP contribution in [0.3, 0.4) is 0 Å². The summed E-state index contributed by atoms with van der Waals surface area (Å²) in [6.07, 6.45) is -0.540. The number of hydrogen-bond acceptors (Lipinski definition) is 7. The first-order chi connectivity index (χ1) is 20.1. The molecule has 4 aromatic rings. The summed E-state index contributed by atoms with van der Waals surface area (Å²) < 4.78 is 11.3. The zero-order valence-electron chi connectivity index (χ0n) is 23.3. The first kappa shape index (κ1) is 31.0. The largest absolute Gasteiger partial charge is 0.507 e. The minimum Gasteiger partial charge on any atom is -0.507 e. The van der Waals surface area contributed by atoms with E-state index >= 15 is 0 Å². The van der Waals surface area contributed by atoms with Crippen LogP contribution in [0.1, 0.15) is 30.5 Å². The monoisotopic (exact) mass is 609 g/mol. The Morgan fingerprint density at radius 2 is 1.70 bits per heavy atom. The molecule has 1 heterocycles. The summed E-state index contributed by atoms with van der Waals surface area (Å²) >= 11 is 0. The van der Waals surface area contributed by atoms with Crippen molar-refractivity contribution in [2.45, 2.75) is 25.8 Å². The predicted octanol–water partition coefficient (Wildman–Crippen LogP) is 2.33. The van der Waals surface area contributed by atoms with Crippen molar-refractivity contribution in [2.75, 3.05) is 12.7 Å². The zero-order valence-corrected chi connectivity index (χ0v) is 24.2. The number of nitrogen functional groups attached to an aromatic ring is 1. The molecule has 15 heteroatoms. The molecule has 43 heavy (non-hydrogen) atoms. The number of H-pyrrole nitrogens is 1. The highest BCUT2D eigenvalue weighted by Gasteiger charge is 2.33. The Morgan fingerprint density at radius 3 is 2.35 bits per heavy atom. The Kier molecular flexibility index (Phi) is 8.49. The van der Waals surface area contributed by atoms with Crippen molar-refractivity contribution in [1.29, 1.82) is 5.41 Å². The number of aromatic hydroxyl groups is 2. The van der Waals surface area contributed by atoms with E-state index in [1.165, 1.54) is 12.1 Å². The van der Waals surface area contributed by atoms with Crippen LogP contribution in [0, 0.1) is 5.41 Å².